The Hall–Kier alpha value is -0.465. The van der Waals surface area contributed by atoms with Crippen LogP contribution in [0, 0.1) is 5.41 Å². The first kappa shape index (κ1) is 9.62. The predicted octanol–water partition coefficient (Wildman–Crippen LogP) is 1.85. The SMILES string of the molecule is N=C(N)BC1CCCCCCC1. The molecule has 1 aliphatic rings. The molecule has 1 aliphatic carbocycles. The summed E-state index contributed by atoms with van der Waals surface area (Å²) in [7, 11) is 0.833. The van der Waals surface area contributed by atoms with Crippen molar-refractivity contribution in [2.75, 3.05) is 0 Å². The number of hydrogen-bond donors (Lipinski definition) is 2. The molecule has 0 aliphatic heterocycles. The number of nitrogens with two attached hydrogens (primary N) is 1. The van der Waals surface area contributed by atoms with E-state index in [9.17, 15) is 0 Å². The minimum absolute atomic E-state index is 0.376. The van der Waals surface area contributed by atoms with Gasteiger partial charge < -0.3 is 5.73 Å². The summed E-state index contributed by atoms with van der Waals surface area (Å²) in [6, 6.07) is 0. The molecule has 1 rings (SSSR count). The van der Waals surface area contributed by atoms with Gasteiger partial charge in [0.2, 0.25) is 7.28 Å². The van der Waals surface area contributed by atoms with Crippen LogP contribution in [0.5, 0.6) is 0 Å². The number of amidine groups is 1. The summed E-state index contributed by atoms with van der Waals surface area (Å²) < 4.78 is 0. The summed E-state index contributed by atoms with van der Waals surface area (Å²) >= 11 is 0. The van der Waals surface area contributed by atoms with Gasteiger partial charge in [-0.25, -0.2) is 0 Å². The average molecular weight is 166 g/mol. The smallest absolute Gasteiger partial charge is 0.205 e. The highest BCUT2D eigenvalue weighted by molar-refractivity contribution is 6.74. The lowest BCUT2D eigenvalue weighted by Gasteiger charge is -2.17. The Bertz CT molecular complexity index is 139. The van der Waals surface area contributed by atoms with Crippen LogP contribution in [-0.2, 0) is 0 Å². The maximum Gasteiger partial charge on any atom is 0.205 e. The van der Waals surface area contributed by atoms with Crippen LogP contribution < -0.4 is 5.73 Å². The van der Waals surface area contributed by atoms with Gasteiger partial charge in [0.05, 0.1) is 0 Å². The molecule has 1 saturated carbocycles. The number of hydrogen-bond acceptors (Lipinski definition) is 1. The first-order valence-electron chi connectivity index (χ1n) is 5.12. The van der Waals surface area contributed by atoms with Gasteiger partial charge in [0, 0.05) is 5.73 Å². The van der Waals surface area contributed by atoms with E-state index in [-0.39, 0.29) is 0 Å². The van der Waals surface area contributed by atoms with E-state index >= 15 is 0 Å². The molecule has 0 aromatic carbocycles. The first-order chi connectivity index (χ1) is 5.79. The monoisotopic (exact) mass is 166 g/mol. The lowest BCUT2D eigenvalue weighted by Crippen LogP contribution is -2.23. The molecule has 0 amide bonds. The molecule has 3 heteroatoms. The second kappa shape index (κ2) is 5.23. The highest BCUT2D eigenvalue weighted by atomic mass is 14.7. The van der Waals surface area contributed by atoms with Crippen molar-refractivity contribution < 1.29 is 0 Å². The Morgan fingerprint density at radius 3 is 2.08 bits per heavy atom. The number of nitrogens with one attached hydrogen (secondary N) is 1. The lowest BCUT2D eigenvalue weighted by atomic mass is 9.59. The Kier molecular flexibility index (Phi) is 4.19. The van der Waals surface area contributed by atoms with Crippen molar-refractivity contribution in [1.29, 1.82) is 5.41 Å². The summed E-state index contributed by atoms with van der Waals surface area (Å²) in [6.45, 7) is 0. The van der Waals surface area contributed by atoms with Crippen molar-refractivity contribution in [1.82, 2.24) is 0 Å². The van der Waals surface area contributed by atoms with Gasteiger partial charge in [0.1, 0.15) is 0 Å². The third kappa shape index (κ3) is 3.79. The molecule has 0 saturated heterocycles. The van der Waals surface area contributed by atoms with Crippen LogP contribution in [-0.4, -0.2) is 13.0 Å². The predicted molar refractivity (Wildman–Crippen MR) is 55.1 cm³/mol. The van der Waals surface area contributed by atoms with Gasteiger partial charge in [-0.15, -0.1) is 0 Å². The second-order valence-electron chi connectivity index (χ2n) is 3.94. The van der Waals surface area contributed by atoms with Crippen LogP contribution in [0.1, 0.15) is 44.9 Å². The molecule has 0 aromatic rings. The second-order valence-corrected chi connectivity index (χ2v) is 3.94. The van der Waals surface area contributed by atoms with E-state index in [0.29, 0.717) is 11.6 Å². The van der Waals surface area contributed by atoms with Crippen molar-refractivity contribution in [3.63, 3.8) is 0 Å². The Labute approximate surface area is 75.7 Å². The zero-order chi connectivity index (χ0) is 8.81. The van der Waals surface area contributed by atoms with Gasteiger partial charge in [-0.05, 0) is 0 Å². The van der Waals surface area contributed by atoms with E-state index in [0.717, 1.165) is 7.28 Å². The molecule has 0 bridgehead atoms. The molecule has 68 valence electrons. The lowest BCUT2D eigenvalue weighted by molar-refractivity contribution is 0.503. The minimum atomic E-state index is 0.376. The molecule has 3 N–H and O–H groups in total. The van der Waals surface area contributed by atoms with E-state index < -0.39 is 0 Å². The number of rotatable bonds is 2. The summed E-state index contributed by atoms with van der Waals surface area (Å²) in [4.78, 5) is 0. The van der Waals surface area contributed by atoms with Gasteiger partial charge in [-0.3, -0.25) is 5.41 Å². The first-order valence-corrected chi connectivity index (χ1v) is 5.12. The summed E-state index contributed by atoms with van der Waals surface area (Å²) in [5, 5.41) is 7.23. The topological polar surface area (TPSA) is 49.9 Å². The average Bonchev–Trinajstić information content (AvgIpc) is 1.93. The van der Waals surface area contributed by atoms with Crippen LogP contribution in [0.25, 0.3) is 0 Å². The maximum atomic E-state index is 7.23. The maximum absolute atomic E-state index is 7.23. The van der Waals surface area contributed by atoms with Crippen molar-refractivity contribution in [2.24, 2.45) is 5.73 Å². The van der Waals surface area contributed by atoms with Crippen LogP contribution in [0.3, 0.4) is 0 Å². The van der Waals surface area contributed by atoms with Gasteiger partial charge in [-0.1, -0.05) is 50.8 Å². The highest BCUT2D eigenvalue weighted by Gasteiger charge is 2.13. The van der Waals surface area contributed by atoms with E-state index in [1.165, 1.54) is 44.9 Å². The Morgan fingerprint density at radius 2 is 1.58 bits per heavy atom. The van der Waals surface area contributed by atoms with Crippen LogP contribution >= 0.6 is 0 Å². The van der Waals surface area contributed by atoms with Crippen LogP contribution in [0.15, 0.2) is 0 Å². The molecule has 0 unspecified atom stereocenters. The fraction of sp³-hybridized carbons (Fsp3) is 0.889. The van der Waals surface area contributed by atoms with Gasteiger partial charge >= 0.3 is 0 Å². The molecule has 0 heterocycles. The van der Waals surface area contributed by atoms with Crippen molar-refractivity contribution in [3.8, 4) is 0 Å². The molecule has 0 radical (unpaired) electrons. The van der Waals surface area contributed by atoms with Crippen molar-refractivity contribution in [3.05, 3.63) is 0 Å². The van der Waals surface area contributed by atoms with E-state index in [4.69, 9.17) is 11.1 Å². The Morgan fingerprint density at radius 1 is 1.08 bits per heavy atom. The minimum Gasteiger partial charge on any atom is -0.396 e. The van der Waals surface area contributed by atoms with Gasteiger partial charge in [-0.2, -0.15) is 0 Å². The summed E-state index contributed by atoms with van der Waals surface area (Å²) in [5.41, 5.74) is 5.77. The molecule has 2 nitrogen and oxygen atoms in total. The molecular weight excluding hydrogens is 147 g/mol. The Balaban J connectivity index is 2.24. The largest absolute Gasteiger partial charge is 0.396 e. The third-order valence-electron chi connectivity index (χ3n) is 2.73. The van der Waals surface area contributed by atoms with E-state index in [1.54, 1.807) is 0 Å². The quantitative estimate of drug-likeness (QED) is 0.367. The fourth-order valence-electron chi connectivity index (χ4n) is 2.06. The normalized spacial score (nSPS) is 21.0. The van der Waals surface area contributed by atoms with E-state index in [2.05, 4.69) is 0 Å². The standard InChI is InChI=1S/C9H19BN2/c11-9(12)10-8-6-4-2-1-3-5-7-8/h8,10H,1-7H2,(H3,11,12). The van der Waals surface area contributed by atoms with Gasteiger partial charge in [0.25, 0.3) is 0 Å². The van der Waals surface area contributed by atoms with Crippen LogP contribution in [0.4, 0.5) is 0 Å². The van der Waals surface area contributed by atoms with E-state index in [1.807, 2.05) is 0 Å². The third-order valence-corrected chi connectivity index (χ3v) is 2.73. The van der Waals surface area contributed by atoms with Crippen molar-refractivity contribution >= 4 is 13.0 Å². The zero-order valence-electron chi connectivity index (χ0n) is 7.81. The molecule has 0 atom stereocenters. The van der Waals surface area contributed by atoms with Crippen LogP contribution in [0.2, 0.25) is 5.82 Å². The van der Waals surface area contributed by atoms with Gasteiger partial charge in [0.15, 0.2) is 0 Å². The molecular formula is C9H19BN2. The zero-order valence-corrected chi connectivity index (χ0v) is 7.81. The highest BCUT2D eigenvalue weighted by Crippen LogP contribution is 2.25. The fourth-order valence-corrected chi connectivity index (χ4v) is 2.06. The summed E-state index contributed by atoms with van der Waals surface area (Å²) in [6.07, 6.45) is 9.45. The van der Waals surface area contributed by atoms with Crippen molar-refractivity contribution in [2.45, 2.75) is 50.8 Å². The molecule has 12 heavy (non-hydrogen) atoms. The molecule has 0 spiro atoms. The summed E-state index contributed by atoms with van der Waals surface area (Å²) in [5.74, 6) is 0.711. The molecule has 1 fully saturated rings. The molecule has 0 aromatic heterocycles.